The Labute approximate surface area is 176 Å². The van der Waals surface area contributed by atoms with E-state index in [1.807, 2.05) is 11.0 Å². The molecule has 3 fully saturated rings. The number of halogens is 1. The summed E-state index contributed by atoms with van der Waals surface area (Å²) in [6.07, 6.45) is 8.04. The number of benzene rings is 1. The number of rotatable bonds is 1. The van der Waals surface area contributed by atoms with E-state index in [1.165, 1.54) is 19.3 Å². The third-order valence-corrected chi connectivity index (χ3v) is 7.38. The quantitative estimate of drug-likeness (QED) is 0.733. The summed E-state index contributed by atoms with van der Waals surface area (Å²) in [5.41, 5.74) is 0.488. The average molecular weight is 418 g/mol. The molecular weight excluding hydrogens is 390 g/mol. The fourth-order valence-electron chi connectivity index (χ4n) is 5.54. The highest BCUT2D eigenvalue weighted by atomic mass is 35.5. The molecule has 2 spiro atoms. The summed E-state index contributed by atoms with van der Waals surface area (Å²) in [6.45, 7) is 1.91. The predicted molar refractivity (Wildman–Crippen MR) is 111 cm³/mol. The summed E-state index contributed by atoms with van der Waals surface area (Å²) in [5, 5.41) is 7.16. The number of carbonyl (C=O) groups is 2. The SMILES string of the molecule is O=C1N[C@@]2(COC3(CCN(C(=O)C4CCCCC4)CC3)C2)Nc2ccc(Cl)cc21. The number of likely N-dealkylation sites (tertiary alicyclic amines) is 1. The van der Waals surface area contributed by atoms with Gasteiger partial charge in [-0.1, -0.05) is 30.9 Å². The lowest BCUT2D eigenvalue weighted by Crippen LogP contribution is -2.59. The molecule has 0 aromatic heterocycles. The highest BCUT2D eigenvalue weighted by Crippen LogP contribution is 2.43. The standard InChI is InChI=1S/C22H28ClN3O3/c23-16-6-7-18-17(12-16)19(27)25-22(24-18)13-21(29-14-22)8-10-26(11-9-21)20(28)15-4-2-1-3-5-15/h6-7,12,15,24H,1-5,8-11,13-14H2,(H,25,27)/t22-/m0/s1. The fourth-order valence-corrected chi connectivity index (χ4v) is 5.71. The summed E-state index contributed by atoms with van der Waals surface area (Å²) in [7, 11) is 0. The lowest BCUT2D eigenvalue weighted by atomic mass is 9.83. The molecule has 3 aliphatic heterocycles. The average Bonchev–Trinajstić information content (AvgIpc) is 3.06. The highest BCUT2D eigenvalue weighted by molar-refractivity contribution is 6.31. The van der Waals surface area contributed by atoms with Crippen LogP contribution in [0.4, 0.5) is 5.69 Å². The summed E-state index contributed by atoms with van der Waals surface area (Å²) in [5.74, 6) is 0.435. The van der Waals surface area contributed by atoms with Crippen LogP contribution in [-0.4, -0.2) is 47.7 Å². The maximum Gasteiger partial charge on any atom is 0.255 e. The Kier molecular flexibility index (Phi) is 4.74. The lowest BCUT2D eigenvalue weighted by molar-refractivity contribution is -0.141. The van der Waals surface area contributed by atoms with Gasteiger partial charge in [0, 0.05) is 36.1 Å². The summed E-state index contributed by atoms with van der Waals surface area (Å²) < 4.78 is 6.29. The Morgan fingerprint density at radius 3 is 2.66 bits per heavy atom. The Morgan fingerprint density at radius 1 is 1.14 bits per heavy atom. The van der Waals surface area contributed by atoms with Gasteiger partial charge in [0.2, 0.25) is 5.91 Å². The van der Waals surface area contributed by atoms with Gasteiger partial charge in [0.05, 0.1) is 17.8 Å². The van der Waals surface area contributed by atoms with Gasteiger partial charge in [0.25, 0.3) is 5.91 Å². The second-order valence-corrected chi connectivity index (χ2v) is 9.60. The van der Waals surface area contributed by atoms with Gasteiger partial charge in [0.1, 0.15) is 5.66 Å². The van der Waals surface area contributed by atoms with Gasteiger partial charge in [-0.3, -0.25) is 9.59 Å². The number of ether oxygens (including phenoxy) is 1. The van der Waals surface area contributed by atoms with Gasteiger partial charge >= 0.3 is 0 Å². The van der Waals surface area contributed by atoms with E-state index in [2.05, 4.69) is 10.6 Å². The maximum absolute atomic E-state index is 12.9. The molecular formula is C22H28ClN3O3. The fraction of sp³-hybridized carbons (Fsp3) is 0.636. The van der Waals surface area contributed by atoms with Crippen LogP contribution in [0.5, 0.6) is 0 Å². The number of nitrogens with zero attached hydrogens (tertiary/aromatic N) is 1. The summed E-state index contributed by atoms with van der Waals surface area (Å²) >= 11 is 6.04. The van der Waals surface area contributed by atoms with E-state index in [-0.39, 0.29) is 17.4 Å². The van der Waals surface area contributed by atoms with Gasteiger partial charge in [-0.15, -0.1) is 0 Å². The number of piperidine rings is 1. The number of hydrogen-bond donors (Lipinski definition) is 2. The van der Waals surface area contributed by atoms with Crippen LogP contribution in [-0.2, 0) is 9.53 Å². The third kappa shape index (κ3) is 3.50. The van der Waals surface area contributed by atoms with Crippen LogP contribution in [0.2, 0.25) is 5.02 Å². The molecule has 1 atom stereocenters. The molecule has 6 nitrogen and oxygen atoms in total. The Balaban J connectivity index is 1.25. The third-order valence-electron chi connectivity index (χ3n) is 7.14. The molecule has 1 aromatic rings. The Morgan fingerprint density at radius 2 is 1.90 bits per heavy atom. The molecule has 1 saturated carbocycles. The number of anilines is 1. The zero-order valence-electron chi connectivity index (χ0n) is 16.6. The van der Waals surface area contributed by atoms with Gasteiger partial charge < -0.3 is 20.3 Å². The molecule has 7 heteroatoms. The monoisotopic (exact) mass is 417 g/mol. The number of carbonyl (C=O) groups excluding carboxylic acids is 2. The molecule has 4 aliphatic rings. The highest BCUT2D eigenvalue weighted by Gasteiger charge is 2.53. The lowest BCUT2D eigenvalue weighted by Gasteiger charge is -2.42. The molecule has 2 saturated heterocycles. The zero-order valence-corrected chi connectivity index (χ0v) is 17.4. The normalized spacial score (nSPS) is 28.9. The van der Waals surface area contributed by atoms with Gasteiger partial charge in [-0.25, -0.2) is 0 Å². The van der Waals surface area contributed by atoms with E-state index < -0.39 is 5.66 Å². The first kappa shape index (κ1) is 19.2. The minimum atomic E-state index is -0.590. The van der Waals surface area contributed by atoms with Gasteiger partial charge in [0.15, 0.2) is 0 Å². The molecule has 0 bridgehead atoms. The Hall–Kier alpha value is -1.79. The first-order valence-corrected chi connectivity index (χ1v) is 11.2. The van der Waals surface area contributed by atoms with Crippen LogP contribution in [0.15, 0.2) is 18.2 Å². The largest absolute Gasteiger partial charge is 0.370 e. The van der Waals surface area contributed by atoms with Crippen molar-refractivity contribution < 1.29 is 14.3 Å². The van der Waals surface area contributed by atoms with E-state index in [1.54, 1.807) is 12.1 Å². The molecule has 1 aromatic carbocycles. The van der Waals surface area contributed by atoms with Crippen LogP contribution in [0.25, 0.3) is 0 Å². The topological polar surface area (TPSA) is 70.7 Å². The molecule has 0 unspecified atom stereocenters. The van der Waals surface area contributed by atoms with Crippen LogP contribution < -0.4 is 10.6 Å². The molecule has 1 aliphatic carbocycles. The Bertz CT molecular complexity index is 831. The second kappa shape index (κ2) is 7.17. The number of nitrogens with one attached hydrogen (secondary N) is 2. The van der Waals surface area contributed by atoms with E-state index in [9.17, 15) is 9.59 Å². The smallest absolute Gasteiger partial charge is 0.255 e. The molecule has 2 amide bonds. The number of amides is 2. The van der Waals surface area contributed by atoms with Crippen LogP contribution in [0.1, 0.15) is 61.7 Å². The van der Waals surface area contributed by atoms with Crippen molar-refractivity contribution in [1.29, 1.82) is 0 Å². The van der Waals surface area contributed by atoms with E-state index >= 15 is 0 Å². The molecule has 29 heavy (non-hydrogen) atoms. The predicted octanol–water partition coefficient (Wildman–Crippen LogP) is 3.55. The number of hydrogen-bond acceptors (Lipinski definition) is 4. The van der Waals surface area contributed by atoms with Crippen molar-refractivity contribution in [3.63, 3.8) is 0 Å². The minimum absolute atomic E-state index is 0.119. The minimum Gasteiger partial charge on any atom is -0.370 e. The zero-order chi connectivity index (χ0) is 20.1. The van der Waals surface area contributed by atoms with Crippen molar-refractivity contribution >= 4 is 29.1 Å². The van der Waals surface area contributed by atoms with Gasteiger partial charge in [-0.2, -0.15) is 0 Å². The second-order valence-electron chi connectivity index (χ2n) is 9.16. The van der Waals surface area contributed by atoms with E-state index in [0.29, 0.717) is 29.5 Å². The maximum atomic E-state index is 12.9. The first-order chi connectivity index (χ1) is 14.0. The molecule has 0 radical (unpaired) electrons. The van der Waals surface area contributed by atoms with Crippen molar-refractivity contribution in [2.24, 2.45) is 5.92 Å². The van der Waals surface area contributed by atoms with Crippen molar-refractivity contribution in [3.8, 4) is 0 Å². The van der Waals surface area contributed by atoms with Crippen LogP contribution >= 0.6 is 11.6 Å². The summed E-state index contributed by atoms with van der Waals surface area (Å²) in [6, 6.07) is 5.34. The van der Waals surface area contributed by atoms with Crippen LogP contribution in [0.3, 0.4) is 0 Å². The van der Waals surface area contributed by atoms with Gasteiger partial charge in [-0.05, 0) is 43.9 Å². The molecule has 3 heterocycles. The van der Waals surface area contributed by atoms with Crippen molar-refractivity contribution in [2.75, 3.05) is 25.0 Å². The first-order valence-electron chi connectivity index (χ1n) is 10.8. The number of fused-ring (bicyclic) bond motifs is 1. The van der Waals surface area contributed by atoms with Crippen molar-refractivity contribution in [1.82, 2.24) is 10.2 Å². The molecule has 5 rings (SSSR count). The van der Waals surface area contributed by atoms with E-state index in [0.717, 1.165) is 44.5 Å². The molecule has 156 valence electrons. The van der Waals surface area contributed by atoms with E-state index in [4.69, 9.17) is 16.3 Å². The summed E-state index contributed by atoms with van der Waals surface area (Å²) in [4.78, 5) is 27.6. The molecule has 2 N–H and O–H groups in total. The van der Waals surface area contributed by atoms with Crippen LogP contribution in [0, 0.1) is 5.92 Å². The van der Waals surface area contributed by atoms with Crippen molar-refractivity contribution in [3.05, 3.63) is 28.8 Å². The van der Waals surface area contributed by atoms with Crippen molar-refractivity contribution in [2.45, 2.75) is 62.6 Å².